The molecule has 0 atom stereocenters. The van der Waals surface area contributed by atoms with Crippen molar-refractivity contribution >= 4 is 5.69 Å². The number of nitrogens with zero attached hydrogens (tertiary/aromatic N) is 2. The van der Waals surface area contributed by atoms with Crippen LogP contribution in [0.2, 0.25) is 0 Å². The number of aromatic nitrogens is 1. The zero-order chi connectivity index (χ0) is 12.4. The molecule has 0 saturated carbocycles. The maximum atomic E-state index is 10.7. The first-order valence-corrected chi connectivity index (χ1v) is 5.25. The van der Waals surface area contributed by atoms with E-state index in [4.69, 9.17) is 0 Å². The number of aryl methyl sites for hydroxylation is 2. The second-order valence-corrected chi connectivity index (χ2v) is 3.96. The molecule has 0 fully saturated rings. The average Bonchev–Trinajstić information content (AvgIpc) is 2.29. The summed E-state index contributed by atoms with van der Waals surface area (Å²) in [6.07, 6.45) is 3.53. The highest BCUT2D eigenvalue weighted by Crippen LogP contribution is 2.28. The van der Waals surface area contributed by atoms with Crippen LogP contribution in [0.4, 0.5) is 5.69 Å². The predicted octanol–water partition coefficient (Wildman–Crippen LogP) is 3.27. The van der Waals surface area contributed by atoms with Gasteiger partial charge in [0.05, 0.1) is 4.92 Å². The first-order valence-electron chi connectivity index (χ1n) is 5.25. The van der Waals surface area contributed by atoms with Crippen LogP contribution in [-0.2, 0) is 0 Å². The van der Waals surface area contributed by atoms with Crippen LogP contribution < -0.4 is 0 Å². The van der Waals surface area contributed by atoms with E-state index in [0.717, 1.165) is 22.3 Å². The summed E-state index contributed by atoms with van der Waals surface area (Å²) < 4.78 is 0. The van der Waals surface area contributed by atoms with Crippen LogP contribution in [-0.4, -0.2) is 9.91 Å². The number of hydrogen-bond donors (Lipinski definition) is 0. The van der Waals surface area contributed by atoms with Gasteiger partial charge in [-0.15, -0.1) is 0 Å². The topological polar surface area (TPSA) is 56.0 Å². The molecule has 0 unspecified atom stereocenters. The molecule has 0 bridgehead atoms. The number of nitro benzene ring substituents is 1. The van der Waals surface area contributed by atoms with Crippen molar-refractivity contribution in [3.63, 3.8) is 0 Å². The maximum absolute atomic E-state index is 10.7. The monoisotopic (exact) mass is 228 g/mol. The molecule has 0 saturated heterocycles. The molecule has 1 aromatic carbocycles. The molecule has 4 heteroatoms. The fourth-order valence-corrected chi connectivity index (χ4v) is 1.93. The van der Waals surface area contributed by atoms with Crippen molar-refractivity contribution in [2.45, 2.75) is 13.8 Å². The molecule has 0 aliphatic rings. The fraction of sp³-hybridized carbons (Fsp3) is 0.154. The molecule has 17 heavy (non-hydrogen) atoms. The van der Waals surface area contributed by atoms with Crippen molar-refractivity contribution in [2.24, 2.45) is 0 Å². The van der Waals surface area contributed by atoms with E-state index in [1.165, 1.54) is 6.07 Å². The number of nitro groups is 1. The van der Waals surface area contributed by atoms with Crippen molar-refractivity contribution < 1.29 is 4.92 Å². The van der Waals surface area contributed by atoms with Crippen molar-refractivity contribution in [1.29, 1.82) is 0 Å². The van der Waals surface area contributed by atoms with Crippen LogP contribution in [0.5, 0.6) is 0 Å². The predicted molar refractivity (Wildman–Crippen MR) is 65.8 cm³/mol. The van der Waals surface area contributed by atoms with Gasteiger partial charge in [-0.2, -0.15) is 0 Å². The zero-order valence-corrected chi connectivity index (χ0v) is 9.68. The quantitative estimate of drug-likeness (QED) is 0.585. The lowest BCUT2D eigenvalue weighted by Crippen LogP contribution is -1.92. The lowest BCUT2D eigenvalue weighted by molar-refractivity contribution is -0.384. The highest BCUT2D eigenvalue weighted by atomic mass is 16.6. The van der Waals surface area contributed by atoms with E-state index in [1.54, 1.807) is 24.5 Å². The molecule has 0 aliphatic heterocycles. The molecule has 4 nitrogen and oxygen atoms in total. The molecule has 0 amide bonds. The minimum atomic E-state index is -0.380. The van der Waals surface area contributed by atoms with Crippen molar-refractivity contribution in [3.8, 4) is 11.1 Å². The van der Waals surface area contributed by atoms with Gasteiger partial charge in [-0.25, -0.2) is 0 Å². The Balaban J connectivity index is 2.61. The van der Waals surface area contributed by atoms with E-state index >= 15 is 0 Å². The number of non-ortho nitro benzene ring substituents is 1. The van der Waals surface area contributed by atoms with Gasteiger partial charge in [0.15, 0.2) is 0 Å². The molecule has 0 N–H and O–H groups in total. The van der Waals surface area contributed by atoms with Crippen LogP contribution in [0, 0.1) is 24.0 Å². The van der Waals surface area contributed by atoms with Gasteiger partial charge in [0, 0.05) is 24.5 Å². The highest BCUT2D eigenvalue weighted by molar-refractivity contribution is 5.71. The summed E-state index contributed by atoms with van der Waals surface area (Å²) in [5.74, 6) is 0. The molecule has 86 valence electrons. The Hall–Kier alpha value is -2.23. The maximum Gasteiger partial charge on any atom is 0.270 e. The third-order valence-corrected chi connectivity index (χ3v) is 2.67. The smallest absolute Gasteiger partial charge is 0.264 e. The van der Waals surface area contributed by atoms with Crippen LogP contribution in [0.3, 0.4) is 0 Å². The normalized spacial score (nSPS) is 10.2. The molecule has 0 radical (unpaired) electrons. The van der Waals surface area contributed by atoms with Crippen LogP contribution in [0.25, 0.3) is 11.1 Å². The number of rotatable bonds is 2. The third-order valence-electron chi connectivity index (χ3n) is 2.67. The van der Waals surface area contributed by atoms with Gasteiger partial charge in [0.25, 0.3) is 5.69 Å². The molecular formula is C13H12N2O2. The Kier molecular flexibility index (Phi) is 2.87. The van der Waals surface area contributed by atoms with Gasteiger partial charge >= 0.3 is 0 Å². The van der Waals surface area contributed by atoms with Crippen LogP contribution in [0.15, 0.2) is 36.7 Å². The Bertz CT molecular complexity index is 559. The summed E-state index contributed by atoms with van der Waals surface area (Å²) in [5, 5.41) is 10.7. The minimum Gasteiger partial charge on any atom is -0.264 e. The van der Waals surface area contributed by atoms with Gasteiger partial charge < -0.3 is 0 Å². The van der Waals surface area contributed by atoms with Gasteiger partial charge in [-0.3, -0.25) is 15.1 Å². The summed E-state index contributed by atoms with van der Waals surface area (Å²) >= 11 is 0. The summed E-state index contributed by atoms with van der Waals surface area (Å²) in [4.78, 5) is 14.5. The van der Waals surface area contributed by atoms with E-state index < -0.39 is 0 Å². The van der Waals surface area contributed by atoms with Gasteiger partial charge in [0.2, 0.25) is 0 Å². The first kappa shape index (κ1) is 11.3. The molecule has 0 spiro atoms. The standard InChI is InChI=1S/C13H12N2O2/c1-9-7-14-8-10(2)13(9)11-4-3-5-12(6-11)15(16)17/h3-8H,1-2H3. The largest absolute Gasteiger partial charge is 0.270 e. The highest BCUT2D eigenvalue weighted by Gasteiger charge is 2.10. The molecule has 1 heterocycles. The van der Waals surface area contributed by atoms with Crippen molar-refractivity contribution in [2.75, 3.05) is 0 Å². The SMILES string of the molecule is Cc1cncc(C)c1-c1cccc([N+](=O)[O-])c1. The van der Waals surface area contributed by atoms with Gasteiger partial charge in [0.1, 0.15) is 0 Å². The van der Waals surface area contributed by atoms with Crippen LogP contribution in [0.1, 0.15) is 11.1 Å². The van der Waals surface area contributed by atoms with Crippen molar-refractivity contribution in [3.05, 3.63) is 57.9 Å². The second-order valence-electron chi connectivity index (χ2n) is 3.96. The van der Waals surface area contributed by atoms with E-state index in [1.807, 2.05) is 19.9 Å². The third kappa shape index (κ3) is 2.15. The molecule has 0 aliphatic carbocycles. The molecule has 2 aromatic rings. The average molecular weight is 228 g/mol. The number of hydrogen-bond acceptors (Lipinski definition) is 3. The number of pyridine rings is 1. The van der Waals surface area contributed by atoms with E-state index in [-0.39, 0.29) is 10.6 Å². The minimum absolute atomic E-state index is 0.109. The Morgan fingerprint density at radius 1 is 1.18 bits per heavy atom. The number of benzene rings is 1. The van der Waals surface area contributed by atoms with E-state index in [2.05, 4.69) is 4.98 Å². The lowest BCUT2D eigenvalue weighted by Gasteiger charge is -2.08. The van der Waals surface area contributed by atoms with Crippen LogP contribution >= 0.6 is 0 Å². The lowest BCUT2D eigenvalue weighted by atomic mass is 9.98. The first-order chi connectivity index (χ1) is 8.09. The van der Waals surface area contributed by atoms with E-state index in [0.29, 0.717) is 0 Å². The molecule has 2 rings (SSSR count). The van der Waals surface area contributed by atoms with E-state index in [9.17, 15) is 10.1 Å². The van der Waals surface area contributed by atoms with Gasteiger partial charge in [-0.05, 0) is 36.1 Å². The molecular weight excluding hydrogens is 216 g/mol. The molecule has 1 aromatic heterocycles. The summed E-state index contributed by atoms with van der Waals surface area (Å²) in [5.41, 5.74) is 4.02. The summed E-state index contributed by atoms with van der Waals surface area (Å²) in [6, 6.07) is 6.67. The summed E-state index contributed by atoms with van der Waals surface area (Å²) in [6.45, 7) is 3.91. The Labute approximate surface area is 99.1 Å². The second kappa shape index (κ2) is 4.33. The van der Waals surface area contributed by atoms with Crippen molar-refractivity contribution in [1.82, 2.24) is 4.98 Å². The van der Waals surface area contributed by atoms with Gasteiger partial charge in [-0.1, -0.05) is 12.1 Å². The Morgan fingerprint density at radius 2 is 1.82 bits per heavy atom. The summed E-state index contributed by atoms with van der Waals surface area (Å²) in [7, 11) is 0. The Morgan fingerprint density at radius 3 is 2.41 bits per heavy atom. The zero-order valence-electron chi connectivity index (χ0n) is 9.68. The fourth-order valence-electron chi connectivity index (χ4n) is 1.93.